The van der Waals surface area contributed by atoms with Crippen molar-refractivity contribution in [2.45, 2.75) is 119 Å². The first-order valence-corrected chi connectivity index (χ1v) is 8.48. The first kappa shape index (κ1) is 35.3. The average molecular weight is 414 g/mol. The smallest absolute Gasteiger partial charge is 0.658 e. The van der Waals surface area contributed by atoms with Crippen LogP contribution in [0.1, 0.15) is 83.1 Å². The van der Waals surface area contributed by atoms with Gasteiger partial charge in [-0.15, -0.1) is 36.3 Å². The van der Waals surface area contributed by atoms with Crippen molar-refractivity contribution in [3.05, 3.63) is 16.0 Å². The number of hydrogen-bond donors (Lipinski definition) is 0. The zero-order valence-electron chi connectivity index (χ0n) is 18.1. The average Bonchev–Trinajstić information content (AvgIpc) is 2.10. The van der Waals surface area contributed by atoms with Crippen LogP contribution in [0.25, 0.3) is 16.0 Å². The van der Waals surface area contributed by atoms with Gasteiger partial charge in [-0.05, 0) is 0 Å². The number of rotatable bonds is 6. The predicted molar refractivity (Wildman–Crippen MR) is 101 cm³/mol. The molecule has 0 spiro atoms. The van der Waals surface area contributed by atoms with E-state index in [1.54, 1.807) is 0 Å². The van der Waals surface area contributed by atoms with Gasteiger partial charge >= 0.3 is 39.3 Å². The Bertz CT molecular complexity index is 145. The van der Waals surface area contributed by atoms with Crippen LogP contribution in [0.2, 0.25) is 0 Å². The zero-order chi connectivity index (χ0) is 17.6. The number of nitrogens with zero attached hydrogens (tertiary/aromatic N) is 3. The van der Waals surface area contributed by atoms with Gasteiger partial charge in [-0.2, -0.15) is 0 Å². The third kappa shape index (κ3) is 59.9. The molecular formula is C18H42LiN3Pd. The van der Waals surface area contributed by atoms with Gasteiger partial charge in [0.25, 0.3) is 0 Å². The molecule has 0 aliphatic rings. The topological polar surface area (TPSA) is 42.3 Å². The van der Waals surface area contributed by atoms with Gasteiger partial charge in [0, 0.05) is 0 Å². The monoisotopic (exact) mass is 413 g/mol. The quantitative estimate of drug-likeness (QED) is 0.598. The Morgan fingerprint density at radius 2 is 0.435 bits per heavy atom. The van der Waals surface area contributed by atoms with Crippen LogP contribution in [0.3, 0.4) is 0 Å². The summed E-state index contributed by atoms with van der Waals surface area (Å²) in [6.45, 7) is 25.2. The Labute approximate surface area is 174 Å². The second-order valence-electron chi connectivity index (χ2n) is 7.01. The summed E-state index contributed by atoms with van der Waals surface area (Å²) >= 11 is 0. The molecule has 140 valence electrons. The van der Waals surface area contributed by atoms with Gasteiger partial charge in [0.2, 0.25) is 0 Å². The van der Waals surface area contributed by atoms with Crippen molar-refractivity contribution < 1.29 is 39.3 Å². The predicted octanol–water partition coefficient (Wildman–Crippen LogP) is 3.53. The van der Waals surface area contributed by atoms with Crippen LogP contribution in [0.5, 0.6) is 0 Å². The third-order valence-corrected chi connectivity index (χ3v) is 1.79. The molecule has 0 amide bonds. The first-order valence-electron chi connectivity index (χ1n) is 8.48. The molecule has 0 rings (SSSR count). The van der Waals surface area contributed by atoms with E-state index in [0.29, 0.717) is 36.3 Å². The van der Waals surface area contributed by atoms with Crippen LogP contribution < -0.4 is 18.9 Å². The molecule has 0 saturated heterocycles. The number of hydrogen-bond acceptors (Lipinski definition) is 0. The Morgan fingerprint density at radius 3 is 0.435 bits per heavy atom. The Morgan fingerprint density at radius 1 is 0.348 bits per heavy atom. The van der Waals surface area contributed by atoms with Crippen LogP contribution in [0.4, 0.5) is 0 Å². The maximum absolute atomic E-state index is 4.28. The van der Waals surface area contributed by atoms with Gasteiger partial charge in [0.1, 0.15) is 0 Å². The normalized spacial score (nSPS) is 10.2. The minimum atomic E-state index is 0. The molecule has 0 N–H and O–H groups in total. The van der Waals surface area contributed by atoms with E-state index in [1.165, 1.54) is 0 Å². The van der Waals surface area contributed by atoms with Crippen LogP contribution in [-0.2, 0) is 20.4 Å². The van der Waals surface area contributed by atoms with Gasteiger partial charge < -0.3 is 16.0 Å². The summed E-state index contributed by atoms with van der Waals surface area (Å²) in [5, 5.41) is 12.8. The van der Waals surface area contributed by atoms with Gasteiger partial charge in [0.15, 0.2) is 0 Å². The minimum Gasteiger partial charge on any atom is -0.658 e. The van der Waals surface area contributed by atoms with Gasteiger partial charge in [0.05, 0.1) is 0 Å². The van der Waals surface area contributed by atoms with E-state index >= 15 is 0 Å². The zero-order valence-corrected chi connectivity index (χ0v) is 19.7. The molecule has 0 aromatic carbocycles. The molecule has 0 atom stereocenters. The van der Waals surface area contributed by atoms with E-state index in [-0.39, 0.29) is 39.3 Å². The summed E-state index contributed by atoms with van der Waals surface area (Å²) in [7, 11) is 0. The van der Waals surface area contributed by atoms with Crippen LogP contribution in [0, 0.1) is 0 Å². The maximum atomic E-state index is 4.28. The Hall–Kier alpha value is 1.14. The van der Waals surface area contributed by atoms with Gasteiger partial charge in [-0.1, -0.05) is 83.1 Å². The molecule has 0 saturated carbocycles. The summed E-state index contributed by atoms with van der Waals surface area (Å²) < 4.78 is 0. The van der Waals surface area contributed by atoms with Crippen molar-refractivity contribution in [1.82, 2.24) is 0 Å². The molecule has 0 aliphatic carbocycles. The van der Waals surface area contributed by atoms with Crippen molar-refractivity contribution in [2.75, 3.05) is 0 Å². The second-order valence-corrected chi connectivity index (χ2v) is 7.01. The molecule has 0 aromatic heterocycles. The molecule has 0 unspecified atom stereocenters. The fourth-order valence-corrected chi connectivity index (χ4v) is 1.79. The summed E-state index contributed by atoms with van der Waals surface area (Å²) in [6, 6.07) is 3.00. The summed E-state index contributed by atoms with van der Waals surface area (Å²) in [6.07, 6.45) is 0. The third-order valence-electron chi connectivity index (χ3n) is 1.79. The minimum absolute atomic E-state index is 0. The van der Waals surface area contributed by atoms with Gasteiger partial charge in [-0.25, -0.2) is 0 Å². The van der Waals surface area contributed by atoms with Crippen molar-refractivity contribution in [3.8, 4) is 0 Å². The molecule has 0 heterocycles. The molecule has 0 bridgehead atoms. The summed E-state index contributed by atoms with van der Waals surface area (Å²) in [5.74, 6) is 0. The summed E-state index contributed by atoms with van der Waals surface area (Å²) in [4.78, 5) is 0. The van der Waals surface area contributed by atoms with E-state index in [9.17, 15) is 0 Å². The van der Waals surface area contributed by atoms with Crippen molar-refractivity contribution in [1.29, 1.82) is 0 Å². The Balaban J connectivity index is -0.0000000675. The molecule has 3 nitrogen and oxygen atoms in total. The van der Waals surface area contributed by atoms with E-state index in [2.05, 4.69) is 99.0 Å². The fraction of sp³-hybridized carbons (Fsp3) is 1.00. The van der Waals surface area contributed by atoms with Crippen LogP contribution in [0.15, 0.2) is 0 Å². The molecule has 23 heavy (non-hydrogen) atoms. The van der Waals surface area contributed by atoms with E-state index in [4.69, 9.17) is 0 Å². The first-order chi connectivity index (χ1) is 9.38. The van der Waals surface area contributed by atoms with Crippen molar-refractivity contribution >= 4 is 0 Å². The molecule has 0 radical (unpaired) electrons. The molecular weight excluding hydrogens is 372 g/mol. The molecule has 0 aromatic rings. The summed E-state index contributed by atoms with van der Waals surface area (Å²) in [5.41, 5.74) is 0. The van der Waals surface area contributed by atoms with Crippen molar-refractivity contribution in [2.24, 2.45) is 0 Å². The standard InChI is InChI=1S/3C6H14N.Li.Pd/c3*1-5(2)7-6(3)4;;/h3*5-6H,1-4H3;;/q3*-1;+1;+2. The molecule has 0 fully saturated rings. The van der Waals surface area contributed by atoms with Crippen LogP contribution in [-0.4, -0.2) is 36.3 Å². The molecule has 0 aliphatic heterocycles. The van der Waals surface area contributed by atoms with E-state index in [1.807, 2.05) is 0 Å². The maximum Gasteiger partial charge on any atom is 2.00 e. The SMILES string of the molecule is CC(C)[N-]C(C)C.CC(C)[N-]C(C)C.CC(C)[N-]C(C)C.[Li+].[Pd+2]. The fourth-order valence-electron chi connectivity index (χ4n) is 1.79. The van der Waals surface area contributed by atoms with Gasteiger partial charge in [-0.3, -0.25) is 0 Å². The van der Waals surface area contributed by atoms with E-state index < -0.39 is 0 Å². The van der Waals surface area contributed by atoms with Crippen LogP contribution >= 0.6 is 0 Å². The Kier molecular flexibility index (Phi) is 35.5. The largest absolute Gasteiger partial charge is 2.00 e. The molecule has 5 heteroatoms. The van der Waals surface area contributed by atoms with Crippen molar-refractivity contribution in [3.63, 3.8) is 0 Å². The second kappa shape index (κ2) is 23.1. The van der Waals surface area contributed by atoms with E-state index in [0.717, 1.165) is 0 Å².